The highest BCUT2D eigenvalue weighted by molar-refractivity contribution is 5.94. The Morgan fingerprint density at radius 2 is 2.24 bits per heavy atom. The number of aromatic nitrogens is 3. The van der Waals surface area contributed by atoms with E-state index < -0.39 is 5.82 Å². The standard InChI is InChI=1S/C14H15FN4O2/c1-19-7-16-13(18-19)9-5-10(15)11(6-12(9)21-2)17-14(20)8-3-4-8/h5-8H,3-4H2,1-2H3,(H,17,20). The predicted molar refractivity (Wildman–Crippen MR) is 74.3 cm³/mol. The Kier molecular flexibility index (Phi) is 3.32. The maximum atomic E-state index is 14.2. The van der Waals surface area contributed by atoms with Crippen molar-refractivity contribution in [1.29, 1.82) is 0 Å². The summed E-state index contributed by atoms with van der Waals surface area (Å²) in [5.74, 6) is 0.0986. The monoisotopic (exact) mass is 290 g/mol. The normalized spacial score (nSPS) is 14.0. The Balaban J connectivity index is 1.95. The van der Waals surface area contributed by atoms with E-state index in [1.54, 1.807) is 7.05 Å². The van der Waals surface area contributed by atoms with E-state index in [0.717, 1.165) is 12.8 Å². The Morgan fingerprint density at radius 1 is 1.48 bits per heavy atom. The molecule has 0 bridgehead atoms. The fourth-order valence-electron chi connectivity index (χ4n) is 2.04. The van der Waals surface area contributed by atoms with Gasteiger partial charge < -0.3 is 10.1 Å². The molecule has 6 nitrogen and oxygen atoms in total. The molecule has 1 aliphatic rings. The van der Waals surface area contributed by atoms with E-state index in [-0.39, 0.29) is 17.5 Å². The first-order chi connectivity index (χ1) is 10.1. The van der Waals surface area contributed by atoms with Gasteiger partial charge in [0.2, 0.25) is 5.91 Å². The molecular weight excluding hydrogens is 275 g/mol. The van der Waals surface area contributed by atoms with Crippen molar-refractivity contribution >= 4 is 11.6 Å². The molecule has 0 spiro atoms. The summed E-state index contributed by atoms with van der Waals surface area (Å²) in [5, 5.41) is 6.72. The van der Waals surface area contributed by atoms with Gasteiger partial charge >= 0.3 is 0 Å². The minimum Gasteiger partial charge on any atom is -0.496 e. The van der Waals surface area contributed by atoms with E-state index in [1.165, 1.54) is 30.3 Å². The molecule has 0 unspecified atom stereocenters. The molecule has 0 aliphatic heterocycles. The summed E-state index contributed by atoms with van der Waals surface area (Å²) >= 11 is 0. The van der Waals surface area contributed by atoms with Crippen LogP contribution in [0, 0.1) is 11.7 Å². The number of methoxy groups -OCH3 is 1. The topological polar surface area (TPSA) is 69.0 Å². The van der Waals surface area contributed by atoms with E-state index in [0.29, 0.717) is 17.1 Å². The van der Waals surface area contributed by atoms with Crippen molar-refractivity contribution in [3.63, 3.8) is 0 Å². The second kappa shape index (κ2) is 5.16. The second-order valence-electron chi connectivity index (χ2n) is 5.04. The zero-order valence-electron chi connectivity index (χ0n) is 11.8. The van der Waals surface area contributed by atoms with E-state index >= 15 is 0 Å². The lowest BCUT2D eigenvalue weighted by atomic mass is 10.1. The highest BCUT2D eigenvalue weighted by atomic mass is 19.1. The van der Waals surface area contributed by atoms with Gasteiger partial charge in [-0.05, 0) is 18.9 Å². The smallest absolute Gasteiger partial charge is 0.227 e. The van der Waals surface area contributed by atoms with Crippen molar-refractivity contribution in [3.8, 4) is 17.1 Å². The van der Waals surface area contributed by atoms with Gasteiger partial charge in [-0.25, -0.2) is 9.37 Å². The van der Waals surface area contributed by atoms with E-state index in [2.05, 4.69) is 15.4 Å². The van der Waals surface area contributed by atoms with Gasteiger partial charge in [0.15, 0.2) is 5.82 Å². The average molecular weight is 290 g/mol. The first kappa shape index (κ1) is 13.5. The van der Waals surface area contributed by atoms with Crippen LogP contribution in [0.4, 0.5) is 10.1 Å². The molecule has 1 amide bonds. The largest absolute Gasteiger partial charge is 0.496 e. The molecule has 1 aromatic heterocycles. The lowest BCUT2D eigenvalue weighted by molar-refractivity contribution is -0.117. The quantitative estimate of drug-likeness (QED) is 0.934. The molecule has 1 saturated carbocycles. The highest BCUT2D eigenvalue weighted by Gasteiger charge is 2.30. The summed E-state index contributed by atoms with van der Waals surface area (Å²) in [7, 11) is 3.20. The maximum Gasteiger partial charge on any atom is 0.227 e. The molecular formula is C14H15FN4O2. The number of benzene rings is 1. The highest BCUT2D eigenvalue weighted by Crippen LogP contribution is 2.34. The van der Waals surface area contributed by atoms with Gasteiger partial charge in [0.25, 0.3) is 0 Å². The summed E-state index contributed by atoms with van der Waals surface area (Å²) < 4.78 is 20.9. The molecule has 7 heteroatoms. The van der Waals surface area contributed by atoms with E-state index in [1.807, 2.05) is 0 Å². The van der Waals surface area contributed by atoms with Crippen molar-refractivity contribution in [2.45, 2.75) is 12.8 Å². The third-order valence-electron chi connectivity index (χ3n) is 3.34. The van der Waals surface area contributed by atoms with Crippen LogP contribution in [0.15, 0.2) is 18.5 Å². The average Bonchev–Trinajstić information content (AvgIpc) is 3.23. The summed E-state index contributed by atoms with van der Waals surface area (Å²) in [6.07, 6.45) is 3.25. The van der Waals surface area contributed by atoms with Crippen LogP contribution in [0.2, 0.25) is 0 Å². The molecule has 1 N–H and O–H groups in total. The van der Waals surface area contributed by atoms with Crippen molar-refractivity contribution < 1.29 is 13.9 Å². The Bertz CT molecular complexity index is 694. The number of amides is 1. The van der Waals surface area contributed by atoms with Crippen LogP contribution >= 0.6 is 0 Å². The van der Waals surface area contributed by atoms with Gasteiger partial charge in [0, 0.05) is 19.0 Å². The molecule has 1 aliphatic carbocycles. The minimum atomic E-state index is -0.535. The number of hydrogen-bond donors (Lipinski definition) is 1. The van der Waals surface area contributed by atoms with Gasteiger partial charge in [0.1, 0.15) is 17.9 Å². The first-order valence-corrected chi connectivity index (χ1v) is 6.63. The van der Waals surface area contributed by atoms with Crippen LogP contribution in [0.5, 0.6) is 5.75 Å². The molecule has 1 heterocycles. The van der Waals surface area contributed by atoms with Crippen LogP contribution in [-0.4, -0.2) is 27.8 Å². The molecule has 110 valence electrons. The van der Waals surface area contributed by atoms with Crippen molar-refractivity contribution in [3.05, 3.63) is 24.3 Å². The lowest BCUT2D eigenvalue weighted by Gasteiger charge is -2.11. The number of rotatable bonds is 4. The van der Waals surface area contributed by atoms with Crippen LogP contribution in [0.25, 0.3) is 11.4 Å². The number of aryl methyl sites for hydroxylation is 1. The van der Waals surface area contributed by atoms with Gasteiger partial charge in [-0.15, -0.1) is 0 Å². The third kappa shape index (κ3) is 2.72. The Hall–Kier alpha value is -2.44. The first-order valence-electron chi connectivity index (χ1n) is 6.63. The Labute approximate surface area is 120 Å². The molecule has 0 radical (unpaired) electrons. The van der Waals surface area contributed by atoms with Crippen molar-refractivity contribution in [2.75, 3.05) is 12.4 Å². The zero-order valence-corrected chi connectivity index (χ0v) is 11.8. The number of carbonyl (C=O) groups is 1. The molecule has 1 aromatic carbocycles. The van der Waals surface area contributed by atoms with E-state index in [9.17, 15) is 9.18 Å². The summed E-state index contributed by atoms with van der Waals surface area (Å²) in [6, 6.07) is 2.73. The number of nitrogens with one attached hydrogen (secondary N) is 1. The minimum absolute atomic E-state index is 0.00697. The fraction of sp³-hybridized carbons (Fsp3) is 0.357. The van der Waals surface area contributed by atoms with Crippen LogP contribution < -0.4 is 10.1 Å². The second-order valence-corrected chi connectivity index (χ2v) is 5.04. The molecule has 21 heavy (non-hydrogen) atoms. The van der Waals surface area contributed by atoms with Crippen molar-refractivity contribution in [1.82, 2.24) is 14.8 Å². The molecule has 3 rings (SSSR count). The third-order valence-corrected chi connectivity index (χ3v) is 3.34. The molecule has 2 aromatic rings. The zero-order chi connectivity index (χ0) is 15.0. The lowest BCUT2D eigenvalue weighted by Crippen LogP contribution is -2.14. The summed E-state index contributed by atoms with van der Waals surface area (Å²) in [6.45, 7) is 0. The van der Waals surface area contributed by atoms with Gasteiger partial charge in [-0.1, -0.05) is 0 Å². The predicted octanol–water partition coefficient (Wildman–Crippen LogP) is 1.98. The Morgan fingerprint density at radius 3 is 2.81 bits per heavy atom. The van der Waals surface area contributed by atoms with Gasteiger partial charge in [-0.3, -0.25) is 9.48 Å². The number of hydrogen-bond acceptors (Lipinski definition) is 4. The SMILES string of the molecule is COc1cc(NC(=O)C2CC2)c(F)cc1-c1ncn(C)n1. The van der Waals surface area contributed by atoms with Crippen LogP contribution in [0.1, 0.15) is 12.8 Å². The number of nitrogens with zero attached hydrogens (tertiary/aromatic N) is 3. The van der Waals surface area contributed by atoms with Crippen LogP contribution in [-0.2, 0) is 11.8 Å². The number of ether oxygens (including phenoxy) is 1. The molecule has 0 atom stereocenters. The number of halogens is 1. The van der Waals surface area contributed by atoms with E-state index in [4.69, 9.17) is 4.74 Å². The molecule has 0 saturated heterocycles. The number of carbonyl (C=O) groups excluding carboxylic acids is 1. The van der Waals surface area contributed by atoms with Crippen LogP contribution in [0.3, 0.4) is 0 Å². The summed E-state index contributed by atoms with van der Waals surface area (Å²) in [5.41, 5.74) is 0.559. The fourth-order valence-corrected chi connectivity index (χ4v) is 2.04. The maximum absolute atomic E-state index is 14.2. The number of anilines is 1. The van der Waals surface area contributed by atoms with Gasteiger partial charge in [0.05, 0.1) is 18.4 Å². The molecule has 1 fully saturated rings. The van der Waals surface area contributed by atoms with Crippen molar-refractivity contribution in [2.24, 2.45) is 13.0 Å². The summed E-state index contributed by atoms with van der Waals surface area (Å²) in [4.78, 5) is 15.8. The van der Waals surface area contributed by atoms with Gasteiger partial charge in [-0.2, -0.15) is 5.10 Å².